The van der Waals surface area contributed by atoms with E-state index in [1.165, 1.54) is 15.7 Å². The predicted molar refractivity (Wildman–Crippen MR) is 137 cm³/mol. The zero-order valence-corrected chi connectivity index (χ0v) is 21.3. The van der Waals surface area contributed by atoms with Crippen molar-refractivity contribution in [3.05, 3.63) is 75.7 Å². The van der Waals surface area contributed by atoms with Crippen molar-refractivity contribution in [2.24, 2.45) is 0 Å². The van der Waals surface area contributed by atoms with Crippen LogP contribution in [0.2, 0.25) is 10.0 Å². The molecular weight excluding hydrogens is 505 g/mol. The van der Waals surface area contributed by atoms with E-state index < -0.39 is 11.7 Å². The van der Waals surface area contributed by atoms with Crippen LogP contribution in [0, 0.1) is 0 Å². The van der Waals surface area contributed by atoms with Gasteiger partial charge in [0, 0.05) is 65.3 Å². The van der Waals surface area contributed by atoms with E-state index in [0.29, 0.717) is 55.0 Å². The Hall–Kier alpha value is -3.27. The third-order valence-electron chi connectivity index (χ3n) is 6.21. The van der Waals surface area contributed by atoms with Crippen molar-refractivity contribution in [2.45, 2.75) is 13.1 Å². The molecule has 9 nitrogen and oxygen atoms in total. The maximum absolute atomic E-state index is 12.9. The maximum atomic E-state index is 12.9. The van der Waals surface area contributed by atoms with E-state index in [-0.39, 0.29) is 23.9 Å². The zero-order valence-electron chi connectivity index (χ0n) is 19.8. The summed E-state index contributed by atoms with van der Waals surface area (Å²) in [5.74, 6) is -1.33. The minimum absolute atomic E-state index is 0.0147. The van der Waals surface area contributed by atoms with Crippen molar-refractivity contribution < 1.29 is 19.8 Å². The minimum Gasteiger partial charge on any atom is -0.503 e. The number of pyridine rings is 1. The molecule has 0 saturated carbocycles. The van der Waals surface area contributed by atoms with E-state index in [9.17, 15) is 19.8 Å². The molecular formula is C25H27Cl2N5O4. The second kappa shape index (κ2) is 11.2. The highest BCUT2D eigenvalue weighted by atomic mass is 35.5. The highest BCUT2D eigenvalue weighted by Gasteiger charge is 2.25. The molecule has 1 aliphatic rings. The first kappa shape index (κ1) is 25.8. The molecule has 0 unspecified atom stereocenters. The van der Waals surface area contributed by atoms with E-state index in [2.05, 4.69) is 9.88 Å². The summed E-state index contributed by atoms with van der Waals surface area (Å²) in [6.45, 7) is 3.69. The average Bonchev–Trinajstić information content (AvgIpc) is 3.18. The molecule has 36 heavy (non-hydrogen) atoms. The molecule has 3 heterocycles. The van der Waals surface area contributed by atoms with Crippen molar-refractivity contribution in [3.63, 3.8) is 0 Å². The van der Waals surface area contributed by atoms with Gasteiger partial charge in [-0.1, -0.05) is 35.3 Å². The fourth-order valence-corrected chi connectivity index (χ4v) is 4.45. The number of rotatable bonds is 7. The summed E-state index contributed by atoms with van der Waals surface area (Å²) in [6, 6.07) is 10.4. The van der Waals surface area contributed by atoms with E-state index in [4.69, 9.17) is 23.2 Å². The van der Waals surface area contributed by atoms with Gasteiger partial charge in [-0.25, -0.2) is 0 Å². The number of piperazine rings is 1. The highest BCUT2D eigenvalue weighted by molar-refractivity contribution is 6.42. The third-order valence-corrected chi connectivity index (χ3v) is 6.94. The molecule has 2 N–H and O–H groups in total. The normalized spacial score (nSPS) is 14.1. The van der Waals surface area contributed by atoms with Crippen LogP contribution in [0.15, 0.2) is 48.8 Å². The summed E-state index contributed by atoms with van der Waals surface area (Å²) in [5.41, 5.74) is 1.23. The van der Waals surface area contributed by atoms with Crippen LogP contribution in [0.25, 0.3) is 0 Å². The lowest BCUT2D eigenvalue weighted by Crippen LogP contribution is -2.49. The predicted octanol–water partition coefficient (Wildman–Crippen LogP) is 3.33. The van der Waals surface area contributed by atoms with Crippen LogP contribution in [-0.2, 0) is 13.1 Å². The molecule has 1 aliphatic heterocycles. The maximum Gasteiger partial charge on any atom is 0.272 e. The standard InChI is InChI=1S/C25H27Cl2N5O4/c1-29(15-17-5-6-19(26)20(27)14-17)23(34)18-16-32(25(36)22(18)33)13-10-30-8-11-31(12-9-30)24(35)21-4-2-3-7-28-21/h2-7,14,16,33,36H,8-13,15H2,1H3. The van der Waals surface area contributed by atoms with E-state index in [0.717, 1.165) is 5.56 Å². The largest absolute Gasteiger partial charge is 0.503 e. The number of carbonyl (C=O) groups excluding carboxylic acids is 2. The van der Waals surface area contributed by atoms with Gasteiger partial charge >= 0.3 is 0 Å². The molecule has 4 rings (SSSR count). The number of benzene rings is 1. The minimum atomic E-state index is -0.452. The van der Waals surface area contributed by atoms with Crippen LogP contribution in [0.3, 0.4) is 0 Å². The SMILES string of the molecule is CN(Cc1ccc(Cl)c(Cl)c1)C(=O)c1cn(CCN2CCN(C(=O)c3ccccn3)CC2)c(O)c1O. The van der Waals surface area contributed by atoms with Crippen molar-refractivity contribution >= 4 is 35.0 Å². The summed E-state index contributed by atoms with van der Waals surface area (Å²) >= 11 is 12.0. The lowest BCUT2D eigenvalue weighted by molar-refractivity contribution is 0.0626. The summed E-state index contributed by atoms with van der Waals surface area (Å²) in [5, 5.41) is 21.6. The van der Waals surface area contributed by atoms with Crippen LogP contribution in [0.5, 0.6) is 11.6 Å². The van der Waals surface area contributed by atoms with Crippen LogP contribution in [0.1, 0.15) is 26.4 Å². The molecule has 0 aliphatic carbocycles. The number of aromatic nitrogens is 2. The molecule has 0 spiro atoms. The van der Waals surface area contributed by atoms with Gasteiger partial charge in [0.1, 0.15) is 11.3 Å². The molecule has 1 saturated heterocycles. The number of amides is 2. The van der Waals surface area contributed by atoms with Gasteiger partial charge in [0.2, 0.25) is 5.88 Å². The first-order chi connectivity index (χ1) is 17.2. The Kier molecular flexibility index (Phi) is 8.03. The second-order valence-corrected chi connectivity index (χ2v) is 9.48. The van der Waals surface area contributed by atoms with Crippen molar-refractivity contribution in [1.29, 1.82) is 0 Å². The first-order valence-electron chi connectivity index (χ1n) is 11.5. The Labute approximate surface area is 219 Å². The molecule has 2 amide bonds. The van der Waals surface area contributed by atoms with Gasteiger partial charge in [0.05, 0.1) is 10.0 Å². The number of nitrogens with zero attached hydrogens (tertiary/aromatic N) is 5. The summed E-state index contributed by atoms with van der Waals surface area (Å²) in [7, 11) is 1.60. The number of aromatic hydroxyl groups is 2. The quantitative estimate of drug-likeness (QED) is 0.484. The van der Waals surface area contributed by atoms with Crippen LogP contribution < -0.4 is 0 Å². The molecule has 0 bridgehead atoms. The lowest BCUT2D eigenvalue weighted by Gasteiger charge is -2.34. The van der Waals surface area contributed by atoms with Gasteiger partial charge in [-0.15, -0.1) is 0 Å². The molecule has 1 fully saturated rings. The van der Waals surface area contributed by atoms with Crippen molar-refractivity contribution in [1.82, 2.24) is 24.3 Å². The van der Waals surface area contributed by atoms with Crippen molar-refractivity contribution in [2.75, 3.05) is 39.8 Å². The zero-order chi connectivity index (χ0) is 25.8. The molecule has 2 aromatic heterocycles. The van der Waals surface area contributed by atoms with Gasteiger partial charge in [-0.05, 0) is 29.8 Å². The fourth-order valence-electron chi connectivity index (χ4n) is 4.13. The molecule has 0 atom stereocenters. The summed E-state index contributed by atoms with van der Waals surface area (Å²) < 4.78 is 1.46. The van der Waals surface area contributed by atoms with E-state index in [1.54, 1.807) is 54.5 Å². The number of hydrogen-bond donors (Lipinski definition) is 2. The first-order valence-corrected chi connectivity index (χ1v) is 12.2. The topological polar surface area (TPSA) is 102 Å². The highest BCUT2D eigenvalue weighted by Crippen LogP contribution is 2.32. The van der Waals surface area contributed by atoms with Crippen LogP contribution in [0.4, 0.5) is 0 Å². The van der Waals surface area contributed by atoms with Gasteiger partial charge in [0.15, 0.2) is 5.75 Å². The third kappa shape index (κ3) is 5.75. The number of hydrogen-bond acceptors (Lipinski definition) is 6. The molecule has 190 valence electrons. The monoisotopic (exact) mass is 531 g/mol. The van der Waals surface area contributed by atoms with E-state index >= 15 is 0 Å². The fraction of sp³-hybridized carbons (Fsp3) is 0.320. The number of carbonyl (C=O) groups is 2. The summed E-state index contributed by atoms with van der Waals surface area (Å²) in [4.78, 5) is 35.0. The van der Waals surface area contributed by atoms with Gasteiger partial charge < -0.3 is 24.6 Å². The van der Waals surface area contributed by atoms with Crippen molar-refractivity contribution in [3.8, 4) is 11.6 Å². The Balaban J connectivity index is 1.32. The van der Waals surface area contributed by atoms with Crippen LogP contribution in [-0.4, -0.2) is 86.0 Å². The Morgan fingerprint density at radius 1 is 1.03 bits per heavy atom. The van der Waals surface area contributed by atoms with Crippen LogP contribution >= 0.6 is 23.2 Å². The van der Waals surface area contributed by atoms with Gasteiger partial charge in [0.25, 0.3) is 11.8 Å². The van der Waals surface area contributed by atoms with Gasteiger partial charge in [-0.2, -0.15) is 0 Å². The molecule has 0 radical (unpaired) electrons. The Bertz CT molecular complexity index is 1240. The summed E-state index contributed by atoms with van der Waals surface area (Å²) in [6.07, 6.45) is 3.06. The molecule has 1 aromatic carbocycles. The lowest BCUT2D eigenvalue weighted by atomic mass is 10.2. The average molecular weight is 532 g/mol. The Morgan fingerprint density at radius 2 is 1.78 bits per heavy atom. The molecule has 3 aromatic rings. The van der Waals surface area contributed by atoms with Gasteiger partial charge in [-0.3, -0.25) is 19.5 Å². The number of halogens is 2. The molecule has 11 heteroatoms. The van der Waals surface area contributed by atoms with E-state index in [1.807, 2.05) is 0 Å². The second-order valence-electron chi connectivity index (χ2n) is 8.67. The Morgan fingerprint density at radius 3 is 2.44 bits per heavy atom. The smallest absolute Gasteiger partial charge is 0.272 e.